The van der Waals surface area contributed by atoms with Crippen molar-refractivity contribution < 1.29 is 4.79 Å². The second-order valence-corrected chi connectivity index (χ2v) is 8.47. The maximum atomic E-state index is 12.5. The summed E-state index contributed by atoms with van der Waals surface area (Å²) in [6.45, 7) is 1.69. The molecule has 27 heavy (non-hydrogen) atoms. The second-order valence-electron chi connectivity index (χ2n) is 5.81. The molecule has 4 rings (SSSR count). The van der Waals surface area contributed by atoms with Crippen LogP contribution in [0.3, 0.4) is 0 Å². The molecule has 3 heterocycles. The molecule has 0 fully saturated rings. The highest BCUT2D eigenvalue weighted by Crippen LogP contribution is 2.26. The normalized spacial score (nSPS) is 11.0. The van der Waals surface area contributed by atoms with Crippen molar-refractivity contribution in [2.24, 2.45) is 0 Å². The highest BCUT2D eigenvalue weighted by Gasteiger charge is 2.14. The molecule has 6 nitrogen and oxygen atoms in total. The van der Waals surface area contributed by atoms with Crippen LogP contribution in [0.5, 0.6) is 0 Å². The molecule has 4 aromatic rings. The summed E-state index contributed by atoms with van der Waals surface area (Å²) in [5, 5.41) is 5.00. The molecule has 0 radical (unpaired) electrons. The molecular formula is C18H13BrN4O2S2. The minimum atomic E-state index is -0.317. The van der Waals surface area contributed by atoms with Gasteiger partial charge in [-0.2, -0.15) is 0 Å². The van der Waals surface area contributed by atoms with Crippen molar-refractivity contribution in [3.8, 4) is 10.6 Å². The number of fused-ring (bicyclic) bond motifs is 1. The fraction of sp³-hybridized carbons (Fsp3) is 0.111. The summed E-state index contributed by atoms with van der Waals surface area (Å²) in [5.41, 5.74) is 4.00. The van der Waals surface area contributed by atoms with Gasteiger partial charge in [0.05, 0.1) is 17.5 Å². The first-order chi connectivity index (χ1) is 13.0. The van der Waals surface area contributed by atoms with Crippen LogP contribution < -0.4 is 11.0 Å². The van der Waals surface area contributed by atoms with Crippen LogP contribution in [0.25, 0.3) is 20.8 Å². The van der Waals surface area contributed by atoms with Gasteiger partial charge >= 0.3 is 0 Å². The van der Waals surface area contributed by atoms with E-state index < -0.39 is 0 Å². The summed E-state index contributed by atoms with van der Waals surface area (Å²) in [6, 6.07) is 9.55. The largest absolute Gasteiger partial charge is 0.281 e. The Morgan fingerprint density at radius 3 is 2.93 bits per heavy atom. The van der Waals surface area contributed by atoms with Gasteiger partial charge in [0.1, 0.15) is 15.7 Å². The van der Waals surface area contributed by atoms with Crippen molar-refractivity contribution in [3.63, 3.8) is 0 Å². The zero-order valence-corrected chi connectivity index (χ0v) is 17.3. The minimum Gasteiger partial charge on any atom is -0.273 e. The molecule has 0 saturated heterocycles. The van der Waals surface area contributed by atoms with E-state index in [1.165, 1.54) is 27.3 Å². The molecule has 1 amide bonds. The number of nitrogens with one attached hydrogen (secondary N) is 1. The van der Waals surface area contributed by atoms with E-state index in [0.29, 0.717) is 21.7 Å². The van der Waals surface area contributed by atoms with E-state index >= 15 is 0 Å². The number of thiazole rings is 1. The van der Waals surface area contributed by atoms with Crippen LogP contribution in [0.4, 0.5) is 0 Å². The number of nitrogens with zero attached hydrogens (tertiary/aromatic N) is 3. The van der Waals surface area contributed by atoms with Gasteiger partial charge in [-0.05, 0) is 30.5 Å². The van der Waals surface area contributed by atoms with Gasteiger partial charge in [-0.3, -0.25) is 15.0 Å². The second kappa shape index (κ2) is 7.34. The van der Waals surface area contributed by atoms with E-state index in [1.54, 1.807) is 13.0 Å². The lowest BCUT2D eigenvalue weighted by atomic mass is 10.2. The SMILES string of the molecule is Cc1nc2sccc2c(=O)n1NC(=O)Cc1csc(-c2cccc(Br)c2)n1. The monoisotopic (exact) mass is 460 g/mol. The van der Waals surface area contributed by atoms with Crippen molar-refractivity contribution in [2.75, 3.05) is 5.43 Å². The molecule has 0 aliphatic rings. The highest BCUT2D eigenvalue weighted by molar-refractivity contribution is 9.10. The smallest absolute Gasteiger partial charge is 0.273 e. The maximum Gasteiger partial charge on any atom is 0.281 e. The molecular weight excluding hydrogens is 448 g/mol. The number of thiophene rings is 1. The third kappa shape index (κ3) is 3.71. The molecule has 136 valence electrons. The summed E-state index contributed by atoms with van der Waals surface area (Å²) >= 11 is 6.32. The number of halogens is 1. The van der Waals surface area contributed by atoms with Crippen molar-refractivity contribution in [1.82, 2.24) is 14.6 Å². The van der Waals surface area contributed by atoms with Crippen molar-refractivity contribution in [1.29, 1.82) is 0 Å². The Morgan fingerprint density at radius 2 is 2.11 bits per heavy atom. The number of rotatable bonds is 4. The van der Waals surface area contributed by atoms with Gasteiger partial charge in [0, 0.05) is 15.4 Å². The molecule has 9 heteroatoms. The molecule has 0 saturated carbocycles. The lowest BCUT2D eigenvalue weighted by Crippen LogP contribution is -2.36. The first kappa shape index (κ1) is 18.0. The van der Waals surface area contributed by atoms with Gasteiger partial charge < -0.3 is 0 Å². The summed E-state index contributed by atoms with van der Waals surface area (Å²) in [6.07, 6.45) is 0.0814. The first-order valence-electron chi connectivity index (χ1n) is 7.98. The van der Waals surface area contributed by atoms with Crippen molar-refractivity contribution >= 4 is 54.7 Å². The van der Waals surface area contributed by atoms with Crippen LogP contribution in [-0.4, -0.2) is 20.6 Å². The Kier molecular flexibility index (Phi) is 4.90. The van der Waals surface area contributed by atoms with Gasteiger partial charge in [0.25, 0.3) is 5.56 Å². The molecule has 0 aliphatic carbocycles. The van der Waals surface area contributed by atoms with Crippen molar-refractivity contribution in [2.45, 2.75) is 13.3 Å². The number of carbonyl (C=O) groups excluding carboxylic acids is 1. The first-order valence-corrected chi connectivity index (χ1v) is 10.5. The van der Waals surface area contributed by atoms with Crippen LogP contribution in [0.1, 0.15) is 11.5 Å². The number of amides is 1. The molecule has 0 aliphatic heterocycles. The molecule has 0 bridgehead atoms. The Morgan fingerprint density at radius 1 is 1.26 bits per heavy atom. The van der Waals surface area contributed by atoms with Crippen molar-refractivity contribution in [3.05, 3.63) is 67.4 Å². The van der Waals surface area contributed by atoms with E-state index in [1.807, 2.05) is 35.0 Å². The number of hydrogen-bond acceptors (Lipinski definition) is 6. The number of aryl methyl sites for hydroxylation is 1. The standard InChI is InChI=1S/C18H13BrN4O2S2/c1-10-20-17-14(5-6-26-17)18(25)23(10)22-15(24)8-13-9-27-16(21-13)11-3-2-4-12(19)7-11/h2-7,9H,8H2,1H3,(H,22,24). The fourth-order valence-electron chi connectivity index (χ4n) is 2.62. The summed E-state index contributed by atoms with van der Waals surface area (Å²) in [7, 11) is 0. The quantitative estimate of drug-likeness (QED) is 0.499. The number of carbonyl (C=O) groups is 1. The van der Waals surface area contributed by atoms with Gasteiger partial charge in [-0.1, -0.05) is 28.1 Å². The molecule has 0 unspecified atom stereocenters. The predicted molar refractivity (Wildman–Crippen MR) is 112 cm³/mol. The Bertz CT molecular complexity index is 1210. The van der Waals surface area contributed by atoms with E-state index in [0.717, 1.165) is 15.0 Å². The summed E-state index contributed by atoms with van der Waals surface area (Å²) < 4.78 is 2.17. The zero-order chi connectivity index (χ0) is 19.0. The highest BCUT2D eigenvalue weighted by atomic mass is 79.9. The summed E-state index contributed by atoms with van der Waals surface area (Å²) in [4.78, 5) is 34.5. The topological polar surface area (TPSA) is 76.9 Å². The van der Waals surface area contributed by atoms with Crippen LogP contribution in [0.15, 0.2) is 50.4 Å². The predicted octanol–water partition coefficient (Wildman–Crippen LogP) is 3.97. The minimum absolute atomic E-state index is 0.0814. The third-order valence-electron chi connectivity index (χ3n) is 3.87. The lowest BCUT2D eigenvalue weighted by Gasteiger charge is -2.10. The molecule has 0 spiro atoms. The molecule has 1 aromatic carbocycles. The van der Waals surface area contributed by atoms with E-state index in [-0.39, 0.29) is 17.9 Å². The molecule has 1 N–H and O–H groups in total. The van der Waals surface area contributed by atoms with Gasteiger partial charge in [-0.15, -0.1) is 22.7 Å². The Labute approximate surface area is 170 Å². The lowest BCUT2D eigenvalue weighted by molar-refractivity contribution is -0.116. The van der Waals surface area contributed by atoms with Crippen LogP contribution in [0.2, 0.25) is 0 Å². The number of aromatic nitrogens is 3. The number of benzene rings is 1. The Hall–Kier alpha value is -2.36. The van der Waals surface area contributed by atoms with Gasteiger partial charge in [-0.25, -0.2) is 14.6 Å². The number of hydrogen-bond donors (Lipinski definition) is 1. The van der Waals surface area contributed by atoms with E-state index in [4.69, 9.17) is 0 Å². The van der Waals surface area contributed by atoms with Gasteiger partial charge in [0.15, 0.2) is 0 Å². The Balaban J connectivity index is 1.53. The van der Waals surface area contributed by atoms with Crippen LogP contribution >= 0.6 is 38.6 Å². The van der Waals surface area contributed by atoms with Crippen LogP contribution in [-0.2, 0) is 11.2 Å². The zero-order valence-electron chi connectivity index (χ0n) is 14.1. The van der Waals surface area contributed by atoms with E-state index in [2.05, 4.69) is 31.3 Å². The molecule has 3 aromatic heterocycles. The maximum absolute atomic E-state index is 12.5. The average Bonchev–Trinajstić information content (AvgIpc) is 3.28. The molecule has 0 atom stereocenters. The third-order valence-corrected chi connectivity index (χ3v) is 6.11. The average molecular weight is 461 g/mol. The van der Waals surface area contributed by atoms with Gasteiger partial charge in [0.2, 0.25) is 5.91 Å². The fourth-order valence-corrected chi connectivity index (χ4v) is 4.63. The van der Waals surface area contributed by atoms with Crippen LogP contribution in [0, 0.1) is 6.92 Å². The van der Waals surface area contributed by atoms with E-state index in [9.17, 15) is 9.59 Å². The summed E-state index contributed by atoms with van der Waals surface area (Å²) in [5.74, 6) is 0.124.